The standard InChI is InChI=1S/C10H10ClN3O3/c11-7-2-1-5(14(16)17)3-6(7)10(15)13-9-4-8(9)12/h1-3,8-9H,4,12H2,(H,13,15). The largest absolute Gasteiger partial charge is 0.348 e. The number of halogens is 1. The van der Waals surface area contributed by atoms with Gasteiger partial charge in [-0.3, -0.25) is 14.9 Å². The van der Waals surface area contributed by atoms with E-state index in [4.69, 9.17) is 17.3 Å². The molecular weight excluding hydrogens is 246 g/mol. The predicted molar refractivity (Wildman–Crippen MR) is 62.0 cm³/mol. The third-order valence-corrected chi connectivity index (χ3v) is 2.89. The third-order valence-electron chi connectivity index (χ3n) is 2.56. The number of non-ortho nitro benzene ring substituents is 1. The maximum atomic E-state index is 11.8. The summed E-state index contributed by atoms with van der Waals surface area (Å²) in [6, 6.07) is 3.66. The fraction of sp³-hybridized carbons (Fsp3) is 0.300. The number of hydrogen-bond acceptors (Lipinski definition) is 4. The van der Waals surface area contributed by atoms with Gasteiger partial charge in [0.1, 0.15) is 0 Å². The van der Waals surface area contributed by atoms with E-state index in [1.807, 2.05) is 0 Å². The van der Waals surface area contributed by atoms with E-state index < -0.39 is 10.8 Å². The van der Waals surface area contributed by atoms with Crippen molar-refractivity contribution in [3.63, 3.8) is 0 Å². The number of nitro benzene ring substituents is 1. The molecule has 7 heteroatoms. The lowest BCUT2D eigenvalue weighted by atomic mass is 10.2. The highest BCUT2D eigenvalue weighted by Crippen LogP contribution is 2.24. The molecule has 2 atom stereocenters. The minimum absolute atomic E-state index is 0.0311. The van der Waals surface area contributed by atoms with Gasteiger partial charge in [0.25, 0.3) is 11.6 Å². The molecule has 1 amide bonds. The van der Waals surface area contributed by atoms with Gasteiger partial charge in [-0.25, -0.2) is 0 Å². The first kappa shape index (κ1) is 11.8. The summed E-state index contributed by atoms with van der Waals surface area (Å²) in [5.41, 5.74) is 5.48. The molecule has 1 aromatic rings. The van der Waals surface area contributed by atoms with Crippen molar-refractivity contribution in [2.24, 2.45) is 5.73 Å². The lowest BCUT2D eigenvalue weighted by molar-refractivity contribution is -0.384. The number of rotatable bonds is 3. The molecule has 1 fully saturated rings. The van der Waals surface area contributed by atoms with Crippen LogP contribution in [0.5, 0.6) is 0 Å². The second-order valence-electron chi connectivity index (χ2n) is 3.90. The van der Waals surface area contributed by atoms with Crippen LogP contribution in [0.2, 0.25) is 5.02 Å². The SMILES string of the molecule is NC1CC1NC(=O)c1cc([N+](=O)[O-])ccc1Cl. The Hall–Kier alpha value is -1.66. The predicted octanol–water partition coefficient (Wildman–Crippen LogP) is 1.08. The van der Waals surface area contributed by atoms with Crippen LogP contribution in [0.1, 0.15) is 16.8 Å². The molecule has 0 saturated heterocycles. The molecule has 1 saturated carbocycles. The van der Waals surface area contributed by atoms with Gasteiger partial charge in [-0.1, -0.05) is 11.6 Å². The Morgan fingerprint density at radius 1 is 1.59 bits per heavy atom. The number of nitrogens with zero attached hydrogens (tertiary/aromatic N) is 1. The van der Waals surface area contributed by atoms with Crippen LogP contribution in [0.3, 0.4) is 0 Å². The summed E-state index contributed by atoms with van der Waals surface area (Å²) >= 11 is 5.82. The first-order valence-electron chi connectivity index (χ1n) is 4.99. The van der Waals surface area contributed by atoms with Crippen molar-refractivity contribution in [3.05, 3.63) is 38.9 Å². The number of nitrogens with one attached hydrogen (secondary N) is 1. The minimum Gasteiger partial charge on any atom is -0.348 e. The van der Waals surface area contributed by atoms with E-state index in [1.54, 1.807) is 0 Å². The van der Waals surface area contributed by atoms with Crippen molar-refractivity contribution < 1.29 is 9.72 Å². The topological polar surface area (TPSA) is 98.3 Å². The molecule has 1 aromatic carbocycles. The monoisotopic (exact) mass is 255 g/mol. The zero-order valence-corrected chi connectivity index (χ0v) is 9.48. The van der Waals surface area contributed by atoms with E-state index >= 15 is 0 Å². The Labute approximate surface area is 102 Å². The van der Waals surface area contributed by atoms with Gasteiger partial charge in [-0.15, -0.1) is 0 Å². The normalized spacial score (nSPS) is 22.0. The van der Waals surface area contributed by atoms with Crippen molar-refractivity contribution >= 4 is 23.2 Å². The van der Waals surface area contributed by atoms with Crippen LogP contribution in [-0.2, 0) is 0 Å². The van der Waals surface area contributed by atoms with Crippen LogP contribution in [-0.4, -0.2) is 22.9 Å². The van der Waals surface area contributed by atoms with Gasteiger partial charge in [0, 0.05) is 24.2 Å². The number of carbonyl (C=O) groups excluding carboxylic acids is 1. The van der Waals surface area contributed by atoms with Gasteiger partial charge in [-0.2, -0.15) is 0 Å². The fourth-order valence-corrected chi connectivity index (χ4v) is 1.63. The summed E-state index contributed by atoms with van der Waals surface area (Å²) in [4.78, 5) is 21.8. The van der Waals surface area contributed by atoms with Crippen molar-refractivity contribution in [2.45, 2.75) is 18.5 Å². The van der Waals surface area contributed by atoms with Crippen LogP contribution >= 0.6 is 11.6 Å². The summed E-state index contributed by atoms with van der Waals surface area (Å²) in [6.07, 6.45) is 0.721. The number of amides is 1. The van der Waals surface area contributed by atoms with Crippen LogP contribution < -0.4 is 11.1 Å². The zero-order chi connectivity index (χ0) is 12.6. The minimum atomic E-state index is -0.573. The second kappa shape index (κ2) is 4.31. The molecule has 0 radical (unpaired) electrons. The van der Waals surface area contributed by atoms with Crippen molar-refractivity contribution in [1.29, 1.82) is 0 Å². The second-order valence-corrected chi connectivity index (χ2v) is 4.31. The van der Waals surface area contributed by atoms with E-state index in [-0.39, 0.29) is 28.4 Å². The van der Waals surface area contributed by atoms with Crippen LogP contribution in [0.4, 0.5) is 5.69 Å². The Morgan fingerprint density at radius 3 is 2.76 bits per heavy atom. The Morgan fingerprint density at radius 2 is 2.24 bits per heavy atom. The molecule has 6 nitrogen and oxygen atoms in total. The number of nitro groups is 1. The zero-order valence-electron chi connectivity index (χ0n) is 8.72. The molecule has 0 aliphatic heterocycles. The van der Waals surface area contributed by atoms with E-state index in [0.29, 0.717) is 0 Å². The van der Waals surface area contributed by atoms with Crippen LogP contribution in [0.15, 0.2) is 18.2 Å². The van der Waals surface area contributed by atoms with Crippen molar-refractivity contribution in [3.8, 4) is 0 Å². The maximum Gasteiger partial charge on any atom is 0.270 e. The molecule has 17 heavy (non-hydrogen) atoms. The molecule has 0 bridgehead atoms. The first-order valence-corrected chi connectivity index (χ1v) is 5.37. The molecule has 1 aliphatic carbocycles. The molecule has 0 aromatic heterocycles. The third kappa shape index (κ3) is 2.54. The van der Waals surface area contributed by atoms with Gasteiger partial charge < -0.3 is 11.1 Å². The molecule has 0 heterocycles. The number of benzene rings is 1. The average Bonchev–Trinajstić information content (AvgIpc) is 2.94. The van der Waals surface area contributed by atoms with Crippen LogP contribution in [0.25, 0.3) is 0 Å². The molecule has 2 unspecified atom stereocenters. The number of hydrogen-bond donors (Lipinski definition) is 2. The molecular formula is C10H10ClN3O3. The first-order chi connectivity index (χ1) is 7.99. The molecule has 90 valence electrons. The quantitative estimate of drug-likeness (QED) is 0.624. The van der Waals surface area contributed by atoms with Gasteiger partial charge in [0.2, 0.25) is 0 Å². The highest BCUT2D eigenvalue weighted by molar-refractivity contribution is 6.34. The van der Waals surface area contributed by atoms with E-state index in [2.05, 4.69) is 5.32 Å². The number of nitrogens with two attached hydrogens (primary N) is 1. The molecule has 3 N–H and O–H groups in total. The fourth-order valence-electron chi connectivity index (χ4n) is 1.43. The summed E-state index contributed by atoms with van der Waals surface area (Å²) in [7, 11) is 0. The van der Waals surface area contributed by atoms with Gasteiger partial charge in [0.05, 0.1) is 15.5 Å². The van der Waals surface area contributed by atoms with Crippen molar-refractivity contribution in [2.75, 3.05) is 0 Å². The summed E-state index contributed by atoms with van der Waals surface area (Å²) in [5, 5.41) is 13.4. The highest BCUT2D eigenvalue weighted by atomic mass is 35.5. The Balaban J connectivity index is 2.21. The Bertz CT molecular complexity index is 492. The molecule has 0 spiro atoms. The van der Waals surface area contributed by atoms with E-state index in [1.165, 1.54) is 12.1 Å². The summed E-state index contributed by atoms with van der Waals surface area (Å²) in [5.74, 6) is -0.434. The van der Waals surface area contributed by atoms with Gasteiger partial charge >= 0.3 is 0 Å². The average molecular weight is 256 g/mol. The Kier molecular flexibility index (Phi) is 2.99. The lowest BCUT2D eigenvalue weighted by Gasteiger charge is -2.05. The summed E-state index contributed by atoms with van der Waals surface area (Å²) in [6.45, 7) is 0. The number of carbonyl (C=O) groups is 1. The highest BCUT2D eigenvalue weighted by Gasteiger charge is 2.35. The smallest absolute Gasteiger partial charge is 0.270 e. The lowest BCUT2D eigenvalue weighted by Crippen LogP contribution is -2.29. The van der Waals surface area contributed by atoms with Crippen molar-refractivity contribution in [1.82, 2.24) is 5.32 Å². The molecule has 1 aliphatic rings. The van der Waals surface area contributed by atoms with E-state index in [9.17, 15) is 14.9 Å². The maximum absolute atomic E-state index is 11.8. The molecule has 2 rings (SSSR count). The van der Waals surface area contributed by atoms with E-state index in [0.717, 1.165) is 12.5 Å². The van der Waals surface area contributed by atoms with Crippen LogP contribution in [0, 0.1) is 10.1 Å². The van der Waals surface area contributed by atoms with Gasteiger partial charge in [0.15, 0.2) is 0 Å². The summed E-state index contributed by atoms with van der Waals surface area (Å²) < 4.78 is 0. The van der Waals surface area contributed by atoms with Gasteiger partial charge in [-0.05, 0) is 12.5 Å².